The van der Waals surface area contributed by atoms with Gasteiger partial charge in [0.05, 0.1) is 25.7 Å². The molecular formula is C14H11BrF3N5O5. The van der Waals surface area contributed by atoms with Crippen molar-refractivity contribution < 1.29 is 27.8 Å². The third kappa shape index (κ3) is 4.27. The molecule has 150 valence electrons. The topological polar surface area (TPSA) is 133 Å². The molecule has 0 fully saturated rings. The van der Waals surface area contributed by atoms with Crippen LogP contribution < -0.4 is 5.32 Å². The molecule has 1 heterocycles. The summed E-state index contributed by atoms with van der Waals surface area (Å²) < 4.78 is 39.1. The Morgan fingerprint density at radius 2 is 1.71 bits per heavy atom. The number of carbonyl (C=O) groups excluding carboxylic acids is 1. The lowest BCUT2D eigenvalue weighted by Gasteiger charge is -2.08. The van der Waals surface area contributed by atoms with Crippen molar-refractivity contribution in [1.82, 2.24) is 9.78 Å². The number of hydrogen-bond donors (Lipinski definition) is 1. The molecule has 10 nitrogen and oxygen atoms in total. The summed E-state index contributed by atoms with van der Waals surface area (Å²) in [5.74, 6) is -0.876. The maximum Gasteiger partial charge on any atom is 0.436 e. The van der Waals surface area contributed by atoms with Gasteiger partial charge in [-0.3, -0.25) is 29.7 Å². The first-order valence-corrected chi connectivity index (χ1v) is 8.15. The van der Waals surface area contributed by atoms with E-state index < -0.39 is 45.5 Å². The van der Waals surface area contributed by atoms with Crippen LogP contribution in [0.5, 0.6) is 0 Å². The second-order valence-electron chi connectivity index (χ2n) is 5.61. The van der Waals surface area contributed by atoms with Gasteiger partial charge in [0.15, 0.2) is 5.69 Å². The lowest BCUT2D eigenvalue weighted by molar-refractivity contribution is -0.395. The number of nitrogens with one attached hydrogen (secondary N) is 1. The van der Waals surface area contributed by atoms with Crippen LogP contribution in [0, 0.1) is 34.1 Å². The monoisotopic (exact) mass is 465 g/mol. The molecule has 0 bridgehead atoms. The molecule has 0 saturated heterocycles. The highest BCUT2D eigenvalue weighted by Crippen LogP contribution is 2.35. The molecule has 1 aromatic heterocycles. The molecule has 0 spiro atoms. The molecule has 1 N–H and O–H groups in total. The second kappa shape index (κ2) is 7.53. The van der Waals surface area contributed by atoms with Crippen LogP contribution in [0.3, 0.4) is 0 Å². The molecule has 0 radical (unpaired) electrons. The number of nitro groups is 2. The van der Waals surface area contributed by atoms with E-state index in [1.54, 1.807) is 0 Å². The molecule has 0 aliphatic carbocycles. The fourth-order valence-electron chi connectivity index (χ4n) is 2.33. The average Bonchev–Trinajstić information content (AvgIpc) is 2.84. The maximum atomic E-state index is 12.9. The molecular weight excluding hydrogens is 455 g/mol. The third-order valence-corrected chi connectivity index (χ3v) is 4.67. The maximum absolute atomic E-state index is 12.9. The molecule has 0 atom stereocenters. The van der Waals surface area contributed by atoms with Crippen LogP contribution in [0.25, 0.3) is 0 Å². The molecule has 1 amide bonds. The first-order chi connectivity index (χ1) is 12.8. The number of hydrogen-bond acceptors (Lipinski definition) is 6. The number of nitrogens with zero attached hydrogens (tertiary/aromatic N) is 4. The van der Waals surface area contributed by atoms with Gasteiger partial charge in [-0.15, -0.1) is 0 Å². The first kappa shape index (κ1) is 21.3. The molecule has 14 heteroatoms. The van der Waals surface area contributed by atoms with Gasteiger partial charge in [0.1, 0.15) is 12.1 Å². The minimum atomic E-state index is -4.73. The minimum absolute atomic E-state index is 0.0309. The summed E-state index contributed by atoms with van der Waals surface area (Å²) in [6, 6.07) is 1.85. The van der Waals surface area contributed by atoms with E-state index in [0.717, 1.165) is 16.8 Å². The van der Waals surface area contributed by atoms with Crippen LogP contribution in [0.1, 0.15) is 17.0 Å². The quantitative estimate of drug-likeness (QED) is 0.527. The SMILES string of the molecule is Cc1c([N+](=O)[O-])cc(NC(=O)Cn2nc(C(F)(F)F)c(Br)c2C)cc1[N+](=O)[O-]. The van der Waals surface area contributed by atoms with Crippen LogP contribution >= 0.6 is 15.9 Å². The van der Waals surface area contributed by atoms with Gasteiger partial charge in [0.25, 0.3) is 11.4 Å². The zero-order valence-corrected chi connectivity index (χ0v) is 15.8. The van der Waals surface area contributed by atoms with Crippen molar-refractivity contribution in [3.8, 4) is 0 Å². The molecule has 2 aromatic rings. The van der Waals surface area contributed by atoms with Gasteiger partial charge < -0.3 is 5.32 Å². The molecule has 0 unspecified atom stereocenters. The third-order valence-electron chi connectivity index (χ3n) is 3.73. The van der Waals surface area contributed by atoms with Gasteiger partial charge in [-0.1, -0.05) is 0 Å². The Morgan fingerprint density at radius 1 is 1.21 bits per heavy atom. The van der Waals surface area contributed by atoms with Crippen molar-refractivity contribution in [3.05, 3.63) is 53.8 Å². The molecule has 2 rings (SSSR count). The second-order valence-corrected chi connectivity index (χ2v) is 6.40. The summed E-state index contributed by atoms with van der Waals surface area (Å²) in [7, 11) is 0. The summed E-state index contributed by atoms with van der Waals surface area (Å²) in [5, 5.41) is 27.6. The smallest absolute Gasteiger partial charge is 0.324 e. The Morgan fingerprint density at radius 3 is 2.11 bits per heavy atom. The summed E-state index contributed by atoms with van der Waals surface area (Å²) in [5.41, 5.74) is -2.78. The number of halogens is 4. The van der Waals surface area contributed by atoms with Crippen LogP contribution in [0.4, 0.5) is 30.2 Å². The fraction of sp³-hybridized carbons (Fsp3) is 0.286. The van der Waals surface area contributed by atoms with E-state index in [0.29, 0.717) is 0 Å². The highest BCUT2D eigenvalue weighted by atomic mass is 79.9. The van der Waals surface area contributed by atoms with Crippen LogP contribution in [-0.2, 0) is 17.5 Å². The predicted octanol–water partition coefficient (Wildman–Crippen LogP) is 3.74. The van der Waals surface area contributed by atoms with Gasteiger partial charge in [0, 0.05) is 12.1 Å². The number of amides is 1. The number of aromatic nitrogens is 2. The average molecular weight is 466 g/mol. The normalized spacial score (nSPS) is 11.4. The Hall–Kier alpha value is -3.03. The number of rotatable bonds is 5. The summed E-state index contributed by atoms with van der Waals surface area (Å²) in [4.78, 5) is 32.6. The molecule has 1 aromatic carbocycles. The largest absolute Gasteiger partial charge is 0.436 e. The Balaban J connectivity index is 2.32. The zero-order valence-electron chi connectivity index (χ0n) is 14.2. The Labute approximate surface area is 162 Å². The van der Waals surface area contributed by atoms with Crippen molar-refractivity contribution in [2.24, 2.45) is 0 Å². The number of alkyl halides is 3. The van der Waals surface area contributed by atoms with E-state index >= 15 is 0 Å². The van der Waals surface area contributed by atoms with E-state index in [1.165, 1.54) is 13.8 Å². The van der Waals surface area contributed by atoms with Crippen molar-refractivity contribution >= 4 is 38.9 Å². The summed E-state index contributed by atoms with van der Waals surface area (Å²) >= 11 is 2.77. The molecule has 0 saturated carbocycles. The van der Waals surface area contributed by atoms with E-state index in [4.69, 9.17) is 0 Å². The summed E-state index contributed by atoms with van der Waals surface area (Å²) in [6.45, 7) is 1.85. The minimum Gasteiger partial charge on any atom is -0.324 e. The Kier molecular flexibility index (Phi) is 5.72. The van der Waals surface area contributed by atoms with Gasteiger partial charge >= 0.3 is 6.18 Å². The first-order valence-electron chi connectivity index (χ1n) is 7.36. The van der Waals surface area contributed by atoms with E-state index in [2.05, 4.69) is 26.3 Å². The van der Waals surface area contributed by atoms with Crippen LogP contribution in [0.15, 0.2) is 16.6 Å². The van der Waals surface area contributed by atoms with Crippen molar-refractivity contribution in [3.63, 3.8) is 0 Å². The van der Waals surface area contributed by atoms with Crippen molar-refractivity contribution in [1.29, 1.82) is 0 Å². The number of nitro benzene ring substituents is 2. The van der Waals surface area contributed by atoms with Crippen molar-refractivity contribution in [2.45, 2.75) is 26.6 Å². The molecule has 28 heavy (non-hydrogen) atoms. The van der Waals surface area contributed by atoms with E-state index in [1.807, 2.05) is 0 Å². The molecule has 0 aliphatic heterocycles. The predicted molar refractivity (Wildman–Crippen MR) is 92.8 cm³/mol. The highest BCUT2D eigenvalue weighted by Gasteiger charge is 2.38. The number of anilines is 1. The fourth-order valence-corrected chi connectivity index (χ4v) is 2.84. The van der Waals surface area contributed by atoms with Gasteiger partial charge in [-0.25, -0.2) is 0 Å². The molecule has 0 aliphatic rings. The van der Waals surface area contributed by atoms with Gasteiger partial charge in [-0.2, -0.15) is 18.3 Å². The zero-order chi connectivity index (χ0) is 21.4. The number of carbonyl (C=O) groups is 1. The lowest BCUT2D eigenvalue weighted by atomic mass is 10.1. The van der Waals surface area contributed by atoms with Crippen LogP contribution in [-0.4, -0.2) is 25.5 Å². The van der Waals surface area contributed by atoms with Crippen molar-refractivity contribution in [2.75, 3.05) is 5.32 Å². The number of benzene rings is 1. The highest BCUT2D eigenvalue weighted by molar-refractivity contribution is 9.10. The Bertz CT molecular complexity index is 953. The van der Waals surface area contributed by atoms with Gasteiger partial charge in [-0.05, 0) is 29.8 Å². The standard InChI is InChI=1S/C14H11BrF3N5O5/c1-6-9(22(25)26)3-8(4-10(6)23(27)28)19-11(24)5-21-7(2)12(15)13(20-21)14(16,17)18/h3-4H,5H2,1-2H3,(H,19,24). The van der Waals surface area contributed by atoms with E-state index in [-0.39, 0.29) is 21.4 Å². The van der Waals surface area contributed by atoms with Gasteiger partial charge in [0.2, 0.25) is 5.91 Å². The summed E-state index contributed by atoms with van der Waals surface area (Å²) in [6.07, 6.45) is -4.73. The van der Waals surface area contributed by atoms with Crippen LogP contribution in [0.2, 0.25) is 0 Å². The lowest BCUT2D eigenvalue weighted by Crippen LogP contribution is -2.21. The van der Waals surface area contributed by atoms with E-state index in [9.17, 15) is 38.2 Å².